The fourth-order valence-electron chi connectivity index (χ4n) is 1.77. The molecule has 1 aromatic heterocycles. The molecule has 2 N–H and O–H groups in total. The van der Waals surface area contributed by atoms with Crippen molar-refractivity contribution >= 4 is 6.09 Å². The first-order valence-corrected chi connectivity index (χ1v) is 7.02. The lowest BCUT2D eigenvalue weighted by atomic mass is 10.2. The summed E-state index contributed by atoms with van der Waals surface area (Å²) in [5.74, 6) is -0.356. The first-order valence-electron chi connectivity index (χ1n) is 7.02. The van der Waals surface area contributed by atoms with Crippen molar-refractivity contribution < 1.29 is 13.9 Å². The first kappa shape index (κ1) is 17.4. The van der Waals surface area contributed by atoms with Crippen molar-refractivity contribution in [3.05, 3.63) is 29.8 Å². The quantitative estimate of drug-likeness (QED) is 0.877. The average Bonchev–Trinajstić information content (AvgIpc) is 2.35. The van der Waals surface area contributed by atoms with Crippen molar-refractivity contribution in [1.29, 1.82) is 0 Å². The van der Waals surface area contributed by atoms with Crippen molar-refractivity contribution in [2.75, 3.05) is 6.54 Å². The Bertz CT molecular complexity index is 457. The Hall–Kier alpha value is -1.69. The largest absolute Gasteiger partial charge is 0.444 e. The number of aromatic nitrogens is 1. The number of pyridine rings is 1. The van der Waals surface area contributed by atoms with E-state index in [1.807, 2.05) is 34.6 Å². The minimum atomic E-state index is -0.508. The molecular formula is C15H24FN3O2. The fourth-order valence-corrected chi connectivity index (χ4v) is 1.77. The molecular weight excluding hydrogens is 273 g/mol. The van der Waals surface area contributed by atoms with Crippen LogP contribution in [0.3, 0.4) is 0 Å². The summed E-state index contributed by atoms with van der Waals surface area (Å²) in [7, 11) is 0. The summed E-state index contributed by atoms with van der Waals surface area (Å²) < 4.78 is 18.0. The second kappa shape index (κ2) is 7.36. The Labute approximate surface area is 125 Å². The van der Waals surface area contributed by atoms with Gasteiger partial charge in [0.05, 0.1) is 11.9 Å². The minimum absolute atomic E-state index is 0.0272. The van der Waals surface area contributed by atoms with Crippen LogP contribution in [0.1, 0.15) is 46.4 Å². The van der Waals surface area contributed by atoms with Gasteiger partial charge in [0, 0.05) is 18.6 Å². The van der Waals surface area contributed by atoms with E-state index in [0.717, 1.165) is 5.69 Å². The van der Waals surface area contributed by atoms with Gasteiger partial charge in [-0.2, -0.15) is 0 Å². The summed E-state index contributed by atoms with van der Waals surface area (Å²) in [6.45, 7) is 9.76. The smallest absolute Gasteiger partial charge is 0.407 e. The molecule has 118 valence electrons. The van der Waals surface area contributed by atoms with Gasteiger partial charge in [-0.3, -0.25) is 4.98 Å². The van der Waals surface area contributed by atoms with E-state index in [4.69, 9.17) is 4.74 Å². The summed E-state index contributed by atoms with van der Waals surface area (Å²) in [6, 6.07) is 3.01. The predicted octanol–water partition coefficient (Wildman–Crippen LogP) is 2.78. The maximum absolute atomic E-state index is 12.8. The zero-order valence-corrected chi connectivity index (χ0v) is 13.2. The predicted molar refractivity (Wildman–Crippen MR) is 79.4 cm³/mol. The van der Waals surface area contributed by atoms with Crippen LogP contribution in [-0.4, -0.2) is 29.3 Å². The molecule has 5 nitrogen and oxygen atoms in total. The number of carbonyl (C=O) groups is 1. The molecule has 6 heteroatoms. The summed E-state index contributed by atoms with van der Waals surface area (Å²) in [6.07, 6.45) is 0.751. The fraction of sp³-hybridized carbons (Fsp3) is 0.600. The molecule has 0 saturated carbocycles. The molecule has 1 amide bonds. The Morgan fingerprint density at radius 2 is 2.05 bits per heavy atom. The van der Waals surface area contributed by atoms with Crippen LogP contribution in [0, 0.1) is 5.82 Å². The zero-order chi connectivity index (χ0) is 16.0. The lowest BCUT2D eigenvalue weighted by molar-refractivity contribution is 0.0522. The van der Waals surface area contributed by atoms with Crippen LogP contribution in [0.15, 0.2) is 18.3 Å². The van der Waals surface area contributed by atoms with Gasteiger partial charge in [-0.15, -0.1) is 0 Å². The van der Waals surface area contributed by atoms with Crippen molar-refractivity contribution in [3.63, 3.8) is 0 Å². The van der Waals surface area contributed by atoms with Gasteiger partial charge in [0.25, 0.3) is 0 Å². The number of halogens is 1. The number of rotatable bonds is 5. The van der Waals surface area contributed by atoms with Crippen LogP contribution in [0.2, 0.25) is 0 Å². The van der Waals surface area contributed by atoms with Crippen molar-refractivity contribution in [3.8, 4) is 0 Å². The third-order valence-corrected chi connectivity index (χ3v) is 2.68. The number of nitrogens with one attached hydrogen (secondary N) is 2. The van der Waals surface area contributed by atoms with E-state index in [1.54, 1.807) is 6.07 Å². The monoisotopic (exact) mass is 297 g/mol. The standard InChI is InChI=1S/C15H24FN3O2/c1-10(8-18-14(20)21-15(3,4)5)19-11(2)13-7-6-12(16)9-17-13/h6-7,9-11,19H,8H2,1-5H3,(H,18,20). The van der Waals surface area contributed by atoms with Gasteiger partial charge in [0.1, 0.15) is 11.4 Å². The number of hydrogen-bond donors (Lipinski definition) is 2. The van der Waals surface area contributed by atoms with E-state index in [2.05, 4.69) is 15.6 Å². The number of carbonyl (C=O) groups excluding carboxylic acids is 1. The van der Waals surface area contributed by atoms with Crippen LogP contribution >= 0.6 is 0 Å². The Morgan fingerprint density at radius 1 is 1.38 bits per heavy atom. The molecule has 0 bridgehead atoms. The lowest BCUT2D eigenvalue weighted by Gasteiger charge is -2.22. The van der Waals surface area contributed by atoms with Crippen molar-refractivity contribution in [2.24, 2.45) is 0 Å². The molecule has 1 aromatic rings. The van der Waals surface area contributed by atoms with Crippen molar-refractivity contribution in [1.82, 2.24) is 15.6 Å². The summed E-state index contributed by atoms with van der Waals surface area (Å²) in [4.78, 5) is 15.6. The molecule has 0 aromatic carbocycles. The molecule has 0 radical (unpaired) electrons. The molecule has 0 aliphatic rings. The highest BCUT2D eigenvalue weighted by atomic mass is 19.1. The lowest BCUT2D eigenvalue weighted by Crippen LogP contribution is -2.42. The molecule has 21 heavy (non-hydrogen) atoms. The average molecular weight is 297 g/mol. The third kappa shape index (κ3) is 7.04. The Kier molecular flexibility index (Phi) is 6.08. The van der Waals surface area contributed by atoms with E-state index in [1.165, 1.54) is 12.3 Å². The van der Waals surface area contributed by atoms with Gasteiger partial charge in [-0.05, 0) is 46.8 Å². The van der Waals surface area contributed by atoms with Gasteiger partial charge in [-0.1, -0.05) is 0 Å². The third-order valence-electron chi connectivity index (χ3n) is 2.68. The van der Waals surface area contributed by atoms with Gasteiger partial charge in [0.15, 0.2) is 0 Å². The highest BCUT2D eigenvalue weighted by molar-refractivity contribution is 5.67. The summed E-state index contributed by atoms with van der Waals surface area (Å²) in [5.41, 5.74) is 0.243. The van der Waals surface area contributed by atoms with Gasteiger partial charge in [0.2, 0.25) is 0 Å². The van der Waals surface area contributed by atoms with Gasteiger partial charge in [-0.25, -0.2) is 9.18 Å². The maximum Gasteiger partial charge on any atom is 0.407 e. The molecule has 1 heterocycles. The highest BCUT2D eigenvalue weighted by Gasteiger charge is 2.17. The van der Waals surface area contributed by atoms with Crippen LogP contribution in [0.4, 0.5) is 9.18 Å². The molecule has 0 spiro atoms. The van der Waals surface area contributed by atoms with E-state index in [-0.39, 0.29) is 17.9 Å². The number of hydrogen-bond acceptors (Lipinski definition) is 4. The Balaban J connectivity index is 2.38. The van der Waals surface area contributed by atoms with Crippen LogP contribution < -0.4 is 10.6 Å². The number of amides is 1. The number of ether oxygens (including phenoxy) is 1. The molecule has 2 unspecified atom stereocenters. The van der Waals surface area contributed by atoms with Crippen LogP contribution in [0.5, 0.6) is 0 Å². The second-order valence-corrected chi connectivity index (χ2v) is 6.07. The van der Waals surface area contributed by atoms with Crippen LogP contribution in [0.25, 0.3) is 0 Å². The molecule has 2 atom stereocenters. The van der Waals surface area contributed by atoms with Gasteiger partial charge >= 0.3 is 6.09 Å². The summed E-state index contributed by atoms with van der Waals surface area (Å²) >= 11 is 0. The molecule has 0 aliphatic carbocycles. The highest BCUT2D eigenvalue weighted by Crippen LogP contribution is 2.10. The van der Waals surface area contributed by atoms with E-state index in [9.17, 15) is 9.18 Å². The van der Waals surface area contributed by atoms with E-state index >= 15 is 0 Å². The molecule has 0 aliphatic heterocycles. The van der Waals surface area contributed by atoms with Crippen molar-refractivity contribution in [2.45, 2.75) is 52.3 Å². The molecule has 0 saturated heterocycles. The van der Waals surface area contributed by atoms with Crippen LogP contribution in [-0.2, 0) is 4.74 Å². The van der Waals surface area contributed by atoms with Gasteiger partial charge < -0.3 is 15.4 Å². The Morgan fingerprint density at radius 3 is 2.57 bits per heavy atom. The summed E-state index contributed by atoms with van der Waals surface area (Å²) in [5, 5.41) is 5.98. The zero-order valence-electron chi connectivity index (χ0n) is 13.2. The SMILES string of the molecule is CC(CNC(=O)OC(C)(C)C)NC(C)c1ccc(F)cn1. The maximum atomic E-state index is 12.8. The second-order valence-electron chi connectivity index (χ2n) is 6.07. The number of nitrogens with zero attached hydrogens (tertiary/aromatic N) is 1. The first-order chi connectivity index (χ1) is 9.67. The molecule has 0 fully saturated rings. The molecule has 1 rings (SSSR count). The van der Waals surface area contributed by atoms with E-state index < -0.39 is 11.7 Å². The number of alkyl carbamates (subject to hydrolysis) is 1. The minimum Gasteiger partial charge on any atom is -0.444 e. The topological polar surface area (TPSA) is 63.2 Å². The normalized spacial score (nSPS) is 14.4. The van der Waals surface area contributed by atoms with E-state index in [0.29, 0.717) is 6.54 Å².